The number of benzene rings is 3. The van der Waals surface area contributed by atoms with Crippen LogP contribution in [0.15, 0.2) is 79.0 Å². The third kappa shape index (κ3) is 2.74. The minimum absolute atomic E-state index is 0.174. The Labute approximate surface area is 169 Å². The van der Waals surface area contributed by atoms with Gasteiger partial charge in [0.05, 0.1) is 0 Å². The highest BCUT2D eigenvalue weighted by Gasteiger charge is 2.49. The van der Waals surface area contributed by atoms with Crippen LogP contribution in [0.1, 0.15) is 21.5 Å². The van der Waals surface area contributed by atoms with Crippen LogP contribution in [0.4, 0.5) is 18.9 Å². The van der Waals surface area contributed by atoms with Gasteiger partial charge in [0.15, 0.2) is 11.3 Å². The molecule has 0 saturated heterocycles. The summed E-state index contributed by atoms with van der Waals surface area (Å²) in [5, 5.41) is 4.19. The molecule has 4 nitrogen and oxygen atoms in total. The van der Waals surface area contributed by atoms with Gasteiger partial charge in [-0.3, -0.25) is 4.79 Å². The van der Waals surface area contributed by atoms with Gasteiger partial charge >= 0.3 is 6.36 Å². The minimum Gasteiger partial charge on any atom is -0.406 e. The monoisotopic (exact) mass is 408 g/mol. The molecule has 0 saturated carbocycles. The number of para-hydroxylation sites is 2. The lowest BCUT2D eigenvalue weighted by atomic mass is 9.79. The van der Waals surface area contributed by atoms with Crippen LogP contribution in [-0.4, -0.2) is 17.1 Å². The number of H-pyrrole nitrogens is 1. The Morgan fingerprint density at radius 2 is 1.57 bits per heavy atom. The van der Waals surface area contributed by atoms with E-state index in [0.717, 1.165) is 10.9 Å². The molecule has 2 heterocycles. The Balaban J connectivity index is 1.70. The van der Waals surface area contributed by atoms with Gasteiger partial charge in [0.1, 0.15) is 5.75 Å². The fourth-order valence-electron chi connectivity index (χ4n) is 4.09. The number of carbonyl (C=O) groups excluding carboxylic acids is 1. The molecule has 0 bridgehead atoms. The highest BCUT2D eigenvalue weighted by Crippen LogP contribution is 2.46. The number of aromatic amines is 1. The molecule has 1 aliphatic rings. The number of ketones is 1. The zero-order chi connectivity index (χ0) is 20.9. The van der Waals surface area contributed by atoms with E-state index in [1.165, 1.54) is 24.3 Å². The second-order valence-corrected chi connectivity index (χ2v) is 7.07. The summed E-state index contributed by atoms with van der Waals surface area (Å²) < 4.78 is 41.7. The van der Waals surface area contributed by atoms with Crippen LogP contribution in [0, 0.1) is 0 Å². The van der Waals surface area contributed by atoms with E-state index in [2.05, 4.69) is 15.0 Å². The number of nitrogens with one attached hydrogen (secondary N) is 2. The summed E-state index contributed by atoms with van der Waals surface area (Å²) in [7, 11) is 0. The number of carbonyl (C=O) groups is 1. The molecule has 1 aromatic heterocycles. The Kier molecular flexibility index (Phi) is 3.89. The maximum Gasteiger partial charge on any atom is 0.573 e. The highest BCUT2D eigenvalue weighted by molar-refractivity contribution is 6.17. The lowest BCUT2D eigenvalue weighted by Gasteiger charge is -2.29. The summed E-state index contributed by atoms with van der Waals surface area (Å²) >= 11 is 0. The van der Waals surface area contributed by atoms with E-state index in [9.17, 15) is 18.0 Å². The van der Waals surface area contributed by atoms with Crippen LogP contribution in [0.3, 0.4) is 0 Å². The largest absolute Gasteiger partial charge is 0.573 e. The number of alkyl halides is 3. The average Bonchev–Trinajstić information content (AvgIpc) is 3.28. The quantitative estimate of drug-likeness (QED) is 0.463. The molecule has 7 heteroatoms. The lowest BCUT2D eigenvalue weighted by Crippen LogP contribution is -2.39. The van der Waals surface area contributed by atoms with E-state index in [0.29, 0.717) is 22.4 Å². The third-order valence-electron chi connectivity index (χ3n) is 5.35. The van der Waals surface area contributed by atoms with Crippen molar-refractivity contribution in [3.05, 3.63) is 95.7 Å². The molecule has 0 fully saturated rings. The first-order valence-corrected chi connectivity index (χ1v) is 9.23. The number of hydrogen-bond acceptors (Lipinski definition) is 3. The second kappa shape index (κ2) is 6.38. The number of hydrogen-bond donors (Lipinski definition) is 2. The van der Waals surface area contributed by atoms with Gasteiger partial charge in [0.25, 0.3) is 0 Å². The summed E-state index contributed by atoms with van der Waals surface area (Å²) in [6.45, 7) is 0. The molecule has 0 radical (unpaired) electrons. The maximum atomic E-state index is 13.7. The molecule has 150 valence electrons. The van der Waals surface area contributed by atoms with Gasteiger partial charge in [0.2, 0.25) is 0 Å². The van der Waals surface area contributed by atoms with Gasteiger partial charge in [-0.2, -0.15) is 0 Å². The van der Waals surface area contributed by atoms with Crippen molar-refractivity contribution >= 4 is 22.4 Å². The number of rotatable bonds is 3. The summed E-state index contributed by atoms with van der Waals surface area (Å²) in [5.41, 5.74) is 1.99. The Morgan fingerprint density at radius 1 is 0.867 bits per heavy atom. The van der Waals surface area contributed by atoms with Crippen molar-refractivity contribution in [2.24, 2.45) is 0 Å². The number of fused-ring (bicyclic) bond motifs is 2. The standard InChI is InChI=1S/C23H15F3N2O2/c24-23(25,26)30-15-11-9-14(10-12-15)22(18-13-27-19-7-3-1-5-16(18)19)21(29)17-6-2-4-8-20(17)28-22/h1-13,27-28H. The van der Waals surface area contributed by atoms with Gasteiger partial charge in [-0.1, -0.05) is 42.5 Å². The zero-order valence-electron chi connectivity index (χ0n) is 15.5. The van der Waals surface area contributed by atoms with Gasteiger partial charge < -0.3 is 15.0 Å². The van der Waals surface area contributed by atoms with Crippen molar-refractivity contribution < 1.29 is 22.7 Å². The predicted molar refractivity (Wildman–Crippen MR) is 107 cm³/mol. The Hall–Kier alpha value is -3.74. The highest BCUT2D eigenvalue weighted by atomic mass is 19.4. The van der Waals surface area contributed by atoms with E-state index in [1.807, 2.05) is 36.4 Å². The van der Waals surface area contributed by atoms with Crippen molar-refractivity contribution in [3.63, 3.8) is 0 Å². The Morgan fingerprint density at radius 3 is 2.30 bits per heavy atom. The first-order valence-electron chi connectivity index (χ1n) is 9.23. The van der Waals surface area contributed by atoms with Crippen molar-refractivity contribution in [2.75, 3.05) is 5.32 Å². The summed E-state index contributed by atoms with van der Waals surface area (Å²) in [6, 6.07) is 20.1. The molecule has 5 rings (SSSR count). The molecular weight excluding hydrogens is 393 g/mol. The molecule has 0 amide bonds. The molecule has 1 atom stereocenters. The van der Waals surface area contributed by atoms with Crippen molar-refractivity contribution in [1.82, 2.24) is 4.98 Å². The van der Waals surface area contributed by atoms with E-state index in [4.69, 9.17) is 0 Å². The fraction of sp³-hybridized carbons (Fsp3) is 0.0870. The maximum absolute atomic E-state index is 13.7. The second-order valence-electron chi connectivity index (χ2n) is 7.07. The molecular formula is C23H15F3N2O2. The fourth-order valence-corrected chi connectivity index (χ4v) is 4.09. The molecule has 2 N–H and O–H groups in total. The zero-order valence-corrected chi connectivity index (χ0v) is 15.5. The number of ether oxygens (including phenoxy) is 1. The van der Waals surface area contributed by atoms with E-state index >= 15 is 0 Å². The molecule has 0 aliphatic carbocycles. The molecule has 4 aromatic rings. The molecule has 0 spiro atoms. The van der Waals surface area contributed by atoms with Gasteiger partial charge in [-0.05, 0) is 35.9 Å². The smallest absolute Gasteiger partial charge is 0.406 e. The Bertz CT molecular complexity index is 1260. The van der Waals surface area contributed by atoms with Crippen LogP contribution in [0.2, 0.25) is 0 Å². The van der Waals surface area contributed by atoms with Crippen LogP contribution in [0.25, 0.3) is 10.9 Å². The van der Waals surface area contributed by atoms with Crippen LogP contribution in [0.5, 0.6) is 5.75 Å². The first-order chi connectivity index (χ1) is 14.4. The van der Waals surface area contributed by atoms with Crippen molar-refractivity contribution in [1.29, 1.82) is 0 Å². The van der Waals surface area contributed by atoms with Crippen molar-refractivity contribution in [3.8, 4) is 5.75 Å². The normalized spacial score (nSPS) is 18.3. The molecule has 1 unspecified atom stereocenters. The number of halogens is 3. The topological polar surface area (TPSA) is 54.1 Å². The summed E-state index contributed by atoms with van der Waals surface area (Å²) in [6.07, 6.45) is -3.02. The number of Topliss-reactive ketones (excluding diaryl/α,β-unsaturated/α-hetero) is 1. The molecule has 30 heavy (non-hydrogen) atoms. The van der Waals surface area contributed by atoms with Gasteiger partial charge in [-0.25, -0.2) is 0 Å². The SMILES string of the molecule is O=C1c2ccccc2NC1(c1ccc(OC(F)(F)F)cc1)c1c[nH]c2ccccc12. The number of anilines is 1. The van der Waals surface area contributed by atoms with E-state index in [-0.39, 0.29) is 11.5 Å². The van der Waals surface area contributed by atoms with Gasteiger partial charge in [0, 0.05) is 33.9 Å². The summed E-state index contributed by atoms with van der Waals surface area (Å²) in [4.78, 5) is 16.9. The van der Waals surface area contributed by atoms with E-state index in [1.54, 1.807) is 18.3 Å². The minimum atomic E-state index is -4.78. The third-order valence-corrected chi connectivity index (χ3v) is 5.35. The molecule has 3 aromatic carbocycles. The average molecular weight is 408 g/mol. The van der Waals surface area contributed by atoms with Gasteiger partial charge in [-0.15, -0.1) is 13.2 Å². The molecule has 1 aliphatic heterocycles. The first kappa shape index (κ1) is 18.3. The van der Waals surface area contributed by atoms with Crippen LogP contribution >= 0.6 is 0 Å². The van der Waals surface area contributed by atoms with Crippen LogP contribution in [-0.2, 0) is 5.54 Å². The summed E-state index contributed by atoms with van der Waals surface area (Å²) in [5.74, 6) is -0.518. The van der Waals surface area contributed by atoms with Crippen LogP contribution < -0.4 is 10.1 Å². The lowest BCUT2D eigenvalue weighted by molar-refractivity contribution is -0.274. The number of aromatic nitrogens is 1. The van der Waals surface area contributed by atoms with E-state index < -0.39 is 11.9 Å². The predicted octanol–water partition coefficient (Wildman–Crippen LogP) is 5.62. The van der Waals surface area contributed by atoms with Crippen molar-refractivity contribution in [2.45, 2.75) is 11.9 Å².